The van der Waals surface area contributed by atoms with E-state index < -0.39 is 18.1 Å². The second-order valence-electron chi connectivity index (χ2n) is 4.00. The first-order valence-electron chi connectivity index (χ1n) is 5.14. The smallest absolute Gasteiger partial charge is 0.392 e. The minimum Gasteiger partial charge on any atom is -0.464 e. The topological polar surface area (TPSA) is 55.0 Å². The molecule has 0 amide bonds. The van der Waals surface area contributed by atoms with Gasteiger partial charge in [0, 0.05) is 11.3 Å². The second kappa shape index (κ2) is 4.05. The number of carbonyl (C=O) groups excluding carboxylic acids is 1. The number of aromatic nitrogens is 2. The third-order valence-corrected chi connectivity index (χ3v) is 2.99. The van der Waals surface area contributed by atoms with Gasteiger partial charge in [-0.3, -0.25) is 5.10 Å². The average Bonchev–Trinajstić information content (AvgIpc) is 2.69. The summed E-state index contributed by atoms with van der Waals surface area (Å²) < 4.78 is 42.3. The van der Waals surface area contributed by atoms with Crippen molar-refractivity contribution in [3.8, 4) is 0 Å². The third kappa shape index (κ3) is 2.13. The number of ether oxygens (including phenoxy) is 1. The molecule has 0 radical (unpaired) electrons. The maximum Gasteiger partial charge on any atom is 0.392 e. The number of esters is 1. The van der Waals surface area contributed by atoms with Crippen LogP contribution in [-0.2, 0) is 17.6 Å². The molecule has 1 heterocycles. The number of methoxy groups -OCH3 is 1. The first-order valence-corrected chi connectivity index (χ1v) is 5.14. The lowest BCUT2D eigenvalue weighted by molar-refractivity contribution is -0.177. The molecule has 0 fully saturated rings. The van der Waals surface area contributed by atoms with E-state index in [0.717, 1.165) is 0 Å². The maximum absolute atomic E-state index is 12.6. The van der Waals surface area contributed by atoms with E-state index in [4.69, 9.17) is 0 Å². The Hall–Kier alpha value is -1.53. The molecular weight excluding hydrogens is 237 g/mol. The van der Waals surface area contributed by atoms with E-state index in [9.17, 15) is 18.0 Å². The van der Waals surface area contributed by atoms with Crippen molar-refractivity contribution in [3.05, 3.63) is 17.0 Å². The van der Waals surface area contributed by atoms with Crippen LogP contribution in [0.25, 0.3) is 0 Å². The number of rotatable bonds is 1. The molecule has 1 aliphatic rings. The number of aryl methyl sites for hydroxylation is 1. The summed E-state index contributed by atoms with van der Waals surface area (Å²) in [6.07, 6.45) is -4.16. The minimum atomic E-state index is -4.23. The van der Waals surface area contributed by atoms with Crippen LogP contribution in [0.3, 0.4) is 0 Å². The Morgan fingerprint density at radius 1 is 1.53 bits per heavy atom. The summed E-state index contributed by atoms with van der Waals surface area (Å²) in [7, 11) is 1.17. The van der Waals surface area contributed by atoms with Crippen molar-refractivity contribution in [2.75, 3.05) is 7.11 Å². The fourth-order valence-electron chi connectivity index (χ4n) is 2.04. The number of aromatic amines is 1. The zero-order valence-electron chi connectivity index (χ0n) is 9.10. The Balaban J connectivity index is 2.29. The molecule has 1 unspecified atom stereocenters. The van der Waals surface area contributed by atoms with Gasteiger partial charge in [-0.15, -0.1) is 0 Å². The molecule has 0 saturated carbocycles. The molecule has 0 spiro atoms. The molecule has 1 aromatic heterocycles. The molecule has 2 rings (SSSR count). The second-order valence-corrected chi connectivity index (χ2v) is 4.00. The number of halogens is 3. The number of nitrogens with one attached hydrogen (secondary N) is 1. The van der Waals surface area contributed by atoms with Crippen molar-refractivity contribution in [2.24, 2.45) is 5.92 Å². The van der Waals surface area contributed by atoms with Crippen LogP contribution in [0.5, 0.6) is 0 Å². The summed E-state index contributed by atoms with van der Waals surface area (Å²) in [5.41, 5.74) is 0.910. The molecule has 17 heavy (non-hydrogen) atoms. The fraction of sp³-hybridized carbons (Fsp3) is 0.600. The highest BCUT2D eigenvalue weighted by Crippen LogP contribution is 2.37. The first kappa shape index (κ1) is 11.9. The van der Waals surface area contributed by atoms with E-state index in [1.165, 1.54) is 7.11 Å². The molecule has 1 atom stereocenters. The predicted octanol–water partition coefficient (Wildman–Crippen LogP) is 1.86. The highest BCUT2D eigenvalue weighted by atomic mass is 19.4. The fourth-order valence-corrected chi connectivity index (χ4v) is 2.04. The number of hydrogen-bond donors (Lipinski definition) is 1. The number of alkyl halides is 3. The number of H-pyrrole nitrogens is 1. The van der Waals surface area contributed by atoms with Crippen molar-refractivity contribution in [1.82, 2.24) is 10.2 Å². The van der Waals surface area contributed by atoms with Crippen LogP contribution in [0.4, 0.5) is 13.2 Å². The third-order valence-electron chi connectivity index (χ3n) is 2.99. The number of carbonyl (C=O) groups is 1. The van der Waals surface area contributed by atoms with Gasteiger partial charge < -0.3 is 4.74 Å². The van der Waals surface area contributed by atoms with Crippen molar-refractivity contribution in [1.29, 1.82) is 0 Å². The monoisotopic (exact) mass is 248 g/mol. The van der Waals surface area contributed by atoms with Crippen molar-refractivity contribution in [3.63, 3.8) is 0 Å². The molecule has 0 bridgehead atoms. The van der Waals surface area contributed by atoms with Crippen LogP contribution in [0.15, 0.2) is 0 Å². The molecule has 4 nitrogen and oxygen atoms in total. The molecule has 94 valence electrons. The zero-order chi connectivity index (χ0) is 12.6. The quantitative estimate of drug-likeness (QED) is 0.772. The number of hydrogen-bond acceptors (Lipinski definition) is 3. The van der Waals surface area contributed by atoms with Gasteiger partial charge >= 0.3 is 12.1 Å². The Labute approximate surface area is 95.1 Å². The van der Waals surface area contributed by atoms with E-state index in [1.807, 2.05) is 0 Å². The molecule has 7 heteroatoms. The Morgan fingerprint density at radius 3 is 2.82 bits per heavy atom. The lowest BCUT2D eigenvalue weighted by Crippen LogP contribution is -2.29. The molecule has 0 aromatic carbocycles. The normalized spacial score (nSPS) is 19.9. The van der Waals surface area contributed by atoms with Gasteiger partial charge in [0.1, 0.15) is 0 Å². The predicted molar refractivity (Wildman–Crippen MR) is 51.5 cm³/mol. The van der Waals surface area contributed by atoms with Gasteiger partial charge in [0.05, 0.1) is 13.0 Å². The molecular formula is C10H11F3N2O2. The van der Waals surface area contributed by atoms with Gasteiger partial charge in [-0.2, -0.15) is 18.3 Å². The molecule has 0 saturated heterocycles. The van der Waals surface area contributed by atoms with Crippen LogP contribution in [-0.4, -0.2) is 29.5 Å². The van der Waals surface area contributed by atoms with Gasteiger partial charge in [0.2, 0.25) is 0 Å². The summed E-state index contributed by atoms with van der Waals surface area (Å²) in [4.78, 5) is 11.3. The summed E-state index contributed by atoms with van der Waals surface area (Å²) in [5.74, 6) is -2.11. The molecule has 0 aliphatic heterocycles. The van der Waals surface area contributed by atoms with Crippen LogP contribution in [0.2, 0.25) is 0 Å². The lowest BCUT2D eigenvalue weighted by Gasteiger charge is -2.24. The Kier molecular flexibility index (Phi) is 2.84. The summed E-state index contributed by atoms with van der Waals surface area (Å²) in [5, 5.41) is 6.31. The van der Waals surface area contributed by atoms with Gasteiger partial charge in [0.25, 0.3) is 0 Å². The van der Waals surface area contributed by atoms with E-state index in [-0.39, 0.29) is 25.0 Å². The van der Waals surface area contributed by atoms with Crippen LogP contribution >= 0.6 is 0 Å². The highest BCUT2D eigenvalue weighted by Gasteiger charge is 2.42. The standard InChI is InChI=1S/C10H11F3N2O2/c1-17-9(16)8-6-4-5(10(11,12)13)2-3-7(6)14-15-8/h5H,2-4H2,1H3,(H,14,15). The Bertz CT molecular complexity index is 439. The van der Waals surface area contributed by atoms with Crippen LogP contribution < -0.4 is 0 Å². The maximum atomic E-state index is 12.6. The van der Waals surface area contributed by atoms with Gasteiger partial charge in [-0.25, -0.2) is 4.79 Å². The van der Waals surface area contributed by atoms with Crippen molar-refractivity contribution >= 4 is 5.97 Å². The van der Waals surface area contributed by atoms with E-state index >= 15 is 0 Å². The zero-order valence-corrected chi connectivity index (χ0v) is 9.10. The molecule has 1 N–H and O–H groups in total. The first-order chi connectivity index (χ1) is 7.93. The summed E-state index contributed by atoms with van der Waals surface area (Å²) in [6, 6.07) is 0. The average molecular weight is 248 g/mol. The number of nitrogens with zero attached hydrogens (tertiary/aromatic N) is 1. The SMILES string of the molecule is COC(=O)c1n[nH]c2c1CC(C(F)(F)F)CC2. The number of fused-ring (bicyclic) bond motifs is 1. The van der Waals surface area contributed by atoms with Crippen molar-refractivity contribution in [2.45, 2.75) is 25.4 Å². The van der Waals surface area contributed by atoms with E-state index in [1.54, 1.807) is 0 Å². The van der Waals surface area contributed by atoms with E-state index in [0.29, 0.717) is 11.3 Å². The molecule has 1 aromatic rings. The van der Waals surface area contributed by atoms with Crippen LogP contribution in [0, 0.1) is 5.92 Å². The largest absolute Gasteiger partial charge is 0.464 e. The lowest BCUT2D eigenvalue weighted by atomic mass is 9.86. The molecule has 1 aliphatic carbocycles. The summed E-state index contributed by atoms with van der Waals surface area (Å²) >= 11 is 0. The highest BCUT2D eigenvalue weighted by molar-refractivity contribution is 5.89. The summed E-state index contributed by atoms with van der Waals surface area (Å²) in [6.45, 7) is 0. The van der Waals surface area contributed by atoms with Crippen molar-refractivity contribution < 1.29 is 22.7 Å². The Morgan fingerprint density at radius 2 is 2.24 bits per heavy atom. The van der Waals surface area contributed by atoms with Gasteiger partial charge in [-0.05, 0) is 19.3 Å². The minimum absolute atomic E-state index is 0.0271. The van der Waals surface area contributed by atoms with E-state index in [2.05, 4.69) is 14.9 Å². The van der Waals surface area contributed by atoms with Gasteiger partial charge in [-0.1, -0.05) is 0 Å². The van der Waals surface area contributed by atoms with Gasteiger partial charge in [0.15, 0.2) is 5.69 Å². The van der Waals surface area contributed by atoms with Crippen LogP contribution in [0.1, 0.15) is 28.2 Å².